The lowest BCUT2D eigenvalue weighted by Gasteiger charge is -2.36. The smallest absolute Gasteiger partial charge is 0.317 e. The van der Waals surface area contributed by atoms with Crippen molar-refractivity contribution >= 4 is 17.8 Å². The van der Waals surface area contributed by atoms with Gasteiger partial charge in [-0.1, -0.05) is 33.1 Å². The molecule has 142 valence electrons. The Morgan fingerprint density at radius 3 is 2.48 bits per heavy atom. The molecule has 1 saturated heterocycles. The summed E-state index contributed by atoms with van der Waals surface area (Å²) >= 11 is 0. The Morgan fingerprint density at radius 2 is 1.88 bits per heavy atom. The second-order valence-electron chi connectivity index (χ2n) is 7.51. The van der Waals surface area contributed by atoms with Gasteiger partial charge in [0, 0.05) is 32.6 Å². The van der Waals surface area contributed by atoms with E-state index in [0.717, 1.165) is 44.4 Å². The highest BCUT2D eigenvalue weighted by molar-refractivity contribution is 6.08. The zero-order valence-corrected chi connectivity index (χ0v) is 16.3. The van der Waals surface area contributed by atoms with Crippen molar-refractivity contribution in [2.45, 2.75) is 83.7 Å². The highest BCUT2D eigenvalue weighted by Crippen LogP contribution is 2.34. The number of amidine groups is 1. The first-order valence-corrected chi connectivity index (χ1v) is 9.86. The van der Waals surface area contributed by atoms with E-state index in [1.165, 1.54) is 0 Å². The number of carbonyl (C=O) groups is 2. The summed E-state index contributed by atoms with van der Waals surface area (Å²) in [5.41, 5.74) is -0.623. The molecular formula is C19H34N4O2. The van der Waals surface area contributed by atoms with Crippen molar-refractivity contribution in [1.29, 1.82) is 0 Å². The minimum Gasteiger partial charge on any atom is -0.336 e. The van der Waals surface area contributed by atoms with Gasteiger partial charge < -0.3 is 15.1 Å². The summed E-state index contributed by atoms with van der Waals surface area (Å²) in [4.78, 5) is 33.5. The van der Waals surface area contributed by atoms with Gasteiger partial charge in [0.1, 0.15) is 11.4 Å². The molecule has 0 saturated carbocycles. The maximum atomic E-state index is 12.7. The summed E-state index contributed by atoms with van der Waals surface area (Å²) in [6.45, 7) is 7.54. The predicted octanol–water partition coefficient (Wildman–Crippen LogP) is 3.17. The van der Waals surface area contributed by atoms with Crippen molar-refractivity contribution < 1.29 is 9.59 Å². The first-order valence-electron chi connectivity index (χ1n) is 9.86. The molecule has 2 aliphatic heterocycles. The van der Waals surface area contributed by atoms with E-state index in [0.29, 0.717) is 25.9 Å². The third-order valence-electron chi connectivity index (χ3n) is 5.43. The van der Waals surface area contributed by atoms with Crippen molar-refractivity contribution in [2.24, 2.45) is 4.99 Å². The van der Waals surface area contributed by atoms with Crippen molar-refractivity contribution in [1.82, 2.24) is 15.1 Å². The summed E-state index contributed by atoms with van der Waals surface area (Å²) in [7, 11) is 1.83. The molecule has 1 unspecified atom stereocenters. The minimum absolute atomic E-state index is 0.00700. The molecule has 0 bridgehead atoms. The van der Waals surface area contributed by atoms with Gasteiger partial charge in [0.25, 0.3) is 5.91 Å². The van der Waals surface area contributed by atoms with Crippen LogP contribution in [-0.2, 0) is 4.79 Å². The fraction of sp³-hybridized carbons (Fsp3) is 0.842. The Hall–Kier alpha value is -1.59. The average molecular weight is 351 g/mol. The number of unbranched alkanes of at least 4 members (excludes halogenated alkanes) is 2. The normalized spacial score (nSPS) is 20.8. The van der Waals surface area contributed by atoms with Gasteiger partial charge in [-0.15, -0.1) is 0 Å². The Bertz CT molecular complexity index is 510. The summed E-state index contributed by atoms with van der Waals surface area (Å²) in [5.74, 6) is 1.02. The van der Waals surface area contributed by atoms with Gasteiger partial charge in [-0.3, -0.25) is 9.79 Å². The van der Waals surface area contributed by atoms with Crippen LogP contribution in [0.25, 0.3) is 0 Å². The van der Waals surface area contributed by atoms with Crippen LogP contribution in [0.3, 0.4) is 0 Å². The van der Waals surface area contributed by atoms with Crippen LogP contribution in [0.4, 0.5) is 4.79 Å². The maximum Gasteiger partial charge on any atom is 0.317 e. The SMILES string of the molecule is CCCCC1=NC2(CCN(C(=O)NC(C)CCCC)CC2)C(=O)N1C. The molecule has 1 atom stereocenters. The topological polar surface area (TPSA) is 65.0 Å². The van der Waals surface area contributed by atoms with Crippen molar-refractivity contribution in [2.75, 3.05) is 20.1 Å². The monoisotopic (exact) mass is 350 g/mol. The molecule has 1 fully saturated rings. The quantitative estimate of drug-likeness (QED) is 0.766. The fourth-order valence-electron chi connectivity index (χ4n) is 3.65. The minimum atomic E-state index is -0.623. The Morgan fingerprint density at radius 1 is 1.24 bits per heavy atom. The largest absolute Gasteiger partial charge is 0.336 e. The van der Waals surface area contributed by atoms with Gasteiger partial charge >= 0.3 is 6.03 Å². The lowest BCUT2D eigenvalue weighted by molar-refractivity contribution is -0.131. The molecule has 6 heteroatoms. The van der Waals surface area contributed by atoms with Crippen LogP contribution in [-0.4, -0.2) is 59.3 Å². The molecule has 25 heavy (non-hydrogen) atoms. The summed E-state index contributed by atoms with van der Waals surface area (Å²) < 4.78 is 0. The lowest BCUT2D eigenvalue weighted by Crippen LogP contribution is -2.53. The number of hydrogen-bond donors (Lipinski definition) is 1. The van der Waals surface area contributed by atoms with Gasteiger partial charge in [0.2, 0.25) is 0 Å². The van der Waals surface area contributed by atoms with Crippen LogP contribution in [0.2, 0.25) is 0 Å². The Kier molecular flexibility index (Phi) is 6.85. The van der Waals surface area contributed by atoms with E-state index in [-0.39, 0.29) is 18.0 Å². The molecule has 0 aliphatic carbocycles. The number of nitrogens with zero attached hydrogens (tertiary/aromatic N) is 3. The molecular weight excluding hydrogens is 316 g/mol. The molecule has 0 aromatic carbocycles. The van der Waals surface area contributed by atoms with Gasteiger partial charge in [-0.2, -0.15) is 0 Å². The molecule has 1 N–H and O–H groups in total. The Balaban J connectivity index is 1.91. The third-order valence-corrected chi connectivity index (χ3v) is 5.43. The van der Waals surface area contributed by atoms with Crippen LogP contribution < -0.4 is 5.32 Å². The lowest BCUT2D eigenvalue weighted by atomic mass is 9.88. The molecule has 0 aromatic rings. The van der Waals surface area contributed by atoms with Gasteiger partial charge in [0.15, 0.2) is 0 Å². The second-order valence-corrected chi connectivity index (χ2v) is 7.51. The number of aliphatic imine (C=N–C) groups is 1. The number of hydrogen-bond acceptors (Lipinski definition) is 3. The summed E-state index contributed by atoms with van der Waals surface area (Å²) in [6, 6.07) is 0.189. The van der Waals surface area contributed by atoms with Crippen LogP contribution in [0, 0.1) is 0 Å². The number of urea groups is 1. The molecule has 2 heterocycles. The van der Waals surface area contributed by atoms with E-state index in [1.54, 1.807) is 4.90 Å². The number of amides is 3. The van der Waals surface area contributed by atoms with Crippen molar-refractivity contribution in [3.8, 4) is 0 Å². The number of piperidine rings is 1. The first kappa shape index (κ1) is 19.7. The summed E-state index contributed by atoms with van der Waals surface area (Å²) in [5, 5.41) is 3.08. The highest BCUT2D eigenvalue weighted by Gasteiger charge is 2.48. The van der Waals surface area contributed by atoms with Crippen molar-refractivity contribution in [3.05, 3.63) is 0 Å². The van der Waals surface area contributed by atoms with E-state index in [4.69, 9.17) is 4.99 Å². The molecule has 2 rings (SSSR count). The van der Waals surface area contributed by atoms with Crippen LogP contribution in [0.15, 0.2) is 4.99 Å². The standard InChI is InChI=1S/C19H34N4O2/c1-5-7-9-15(3)20-18(25)23-13-11-19(12-14-23)17(24)22(4)16(21-19)10-8-6-2/h15H,5-14H2,1-4H3,(H,20,25). The maximum absolute atomic E-state index is 12.7. The van der Waals surface area contributed by atoms with Crippen LogP contribution >= 0.6 is 0 Å². The van der Waals surface area contributed by atoms with E-state index in [1.807, 2.05) is 11.9 Å². The molecule has 0 aromatic heterocycles. The number of nitrogens with one attached hydrogen (secondary N) is 1. The molecule has 2 aliphatic rings. The van der Waals surface area contributed by atoms with Gasteiger partial charge in [-0.25, -0.2) is 4.79 Å². The van der Waals surface area contributed by atoms with Gasteiger partial charge in [0.05, 0.1) is 0 Å². The summed E-state index contributed by atoms with van der Waals surface area (Å²) in [6.07, 6.45) is 7.54. The number of rotatable bonds is 7. The van der Waals surface area contributed by atoms with Gasteiger partial charge in [-0.05, 0) is 32.6 Å². The molecule has 3 amide bonds. The van der Waals surface area contributed by atoms with Crippen LogP contribution in [0.1, 0.15) is 72.1 Å². The average Bonchev–Trinajstić information content (AvgIpc) is 2.83. The van der Waals surface area contributed by atoms with E-state index in [9.17, 15) is 9.59 Å². The van der Waals surface area contributed by atoms with E-state index in [2.05, 4.69) is 26.1 Å². The van der Waals surface area contributed by atoms with E-state index < -0.39 is 5.54 Å². The zero-order chi connectivity index (χ0) is 18.4. The number of carbonyl (C=O) groups excluding carboxylic acids is 2. The second kappa shape index (κ2) is 8.68. The molecule has 6 nitrogen and oxygen atoms in total. The fourth-order valence-corrected chi connectivity index (χ4v) is 3.65. The molecule has 1 spiro atoms. The van der Waals surface area contributed by atoms with Crippen LogP contribution in [0.5, 0.6) is 0 Å². The predicted molar refractivity (Wildman–Crippen MR) is 101 cm³/mol. The number of likely N-dealkylation sites (N-methyl/N-ethyl adjacent to an activating group) is 1. The first-order chi connectivity index (χ1) is 11.9. The van der Waals surface area contributed by atoms with Crippen molar-refractivity contribution in [3.63, 3.8) is 0 Å². The molecule has 0 radical (unpaired) electrons. The third kappa shape index (κ3) is 4.53. The van der Waals surface area contributed by atoms with E-state index >= 15 is 0 Å². The Labute approximate surface area is 152 Å². The number of likely N-dealkylation sites (tertiary alicyclic amines) is 1. The zero-order valence-electron chi connectivity index (χ0n) is 16.3. The highest BCUT2D eigenvalue weighted by atomic mass is 16.2.